The lowest BCUT2D eigenvalue weighted by atomic mass is 9.94. The summed E-state index contributed by atoms with van der Waals surface area (Å²) in [6.45, 7) is 1.57. The average Bonchev–Trinajstić information content (AvgIpc) is 3.19. The molecule has 0 fully saturated rings. The lowest BCUT2D eigenvalue weighted by Gasteiger charge is -2.27. The van der Waals surface area contributed by atoms with Gasteiger partial charge in [-0.1, -0.05) is 11.1 Å². The van der Waals surface area contributed by atoms with Gasteiger partial charge >= 0.3 is 0 Å². The fraction of sp³-hybridized carbons (Fsp3) is 0.296. The maximum atomic E-state index is 15.1. The molecule has 3 aromatic heterocycles. The van der Waals surface area contributed by atoms with Crippen molar-refractivity contribution >= 4 is 39.4 Å². The van der Waals surface area contributed by atoms with Crippen LogP contribution in [0.5, 0.6) is 0 Å². The van der Waals surface area contributed by atoms with Crippen LogP contribution in [0.4, 0.5) is 20.3 Å². The molecule has 210 valence electrons. The number of carbonyl (C=O) groups is 1. The Hall–Kier alpha value is -3.94. The van der Waals surface area contributed by atoms with E-state index in [1.165, 1.54) is 4.57 Å². The van der Waals surface area contributed by atoms with Gasteiger partial charge in [0.15, 0.2) is 11.6 Å². The molecule has 2 aliphatic heterocycles. The summed E-state index contributed by atoms with van der Waals surface area (Å²) in [5.74, 6) is -1.79. The molecule has 0 bridgehead atoms. The number of hydrogen-bond donors (Lipinski definition) is 2. The van der Waals surface area contributed by atoms with E-state index >= 15 is 4.39 Å². The zero-order valence-electron chi connectivity index (χ0n) is 21.9. The number of nitrogens with zero attached hydrogens (tertiary/aromatic N) is 4. The van der Waals surface area contributed by atoms with Gasteiger partial charge in [-0.2, -0.15) is 0 Å². The van der Waals surface area contributed by atoms with Crippen molar-refractivity contribution in [3.8, 4) is 11.1 Å². The number of anilines is 2. The highest BCUT2D eigenvalue weighted by Crippen LogP contribution is 2.45. The van der Waals surface area contributed by atoms with Gasteiger partial charge < -0.3 is 29.6 Å². The van der Waals surface area contributed by atoms with Crippen LogP contribution >= 0.6 is 0 Å². The molecule has 0 spiro atoms. The number of hydrogen-bond acceptors (Lipinski definition) is 7. The van der Waals surface area contributed by atoms with Gasteiger partial charge in [-0.15, -0.1) is 0 Å². The summed E-state index contributed by atoms with van der Waals surface area (Å²) in [5, 5.41) is 0.744. The van der Waals surface area contributed by atoms with E-state index in [0.29, 0.717) is 42.8 Å². The Morgan fingerprint density at radius 1 is 1.15 bits per heavy atom. The maximum Gasteiger partial charge on any atom is 0.274 e. The van der Waals surface area contributed by atoms with Crippen molar-refractivity contribution in [2.24, 2.45) is 12.8 Å². The summed E-state index contributed by atoms with van der Waals surface area (Å²) in [4.78, 5) is 36.9. The number of aryl methyl sites for hydroxylation is 2. The number of halogens is 2. The number of amides is 1. The summed E-state index contributed by atoms with van der Waals surface area (Å²) >= 11 is -1.86. The molecule has 0 saturated carbocycles. The molecule has 6 rings (SSSR count). The summed E-state index contributed by atoms with van der Waals surface area (Å²) in [5.41, 5.74) is 10.3. The van der Waals surface area contributed by atoms with Crippen LogP contribution in [0, 0.1) is 11.6 Å². The van der Waals surface area contributed by atoms with Crippen LogP contribution < -0.4 is 16.2 Å². The van der Waals surface area contributed by atoms with Crippen molar-refractivity contribution in [2.75, 3.05) is 30.8 Å². The third kappa shape index (κ3) is 4.91. The first-order valence-corrected chi connectivity index (χ1v) is 14.0. The van der Waals surface area contributed by atoms with Gasteiger partial charge in [-0.25, -0.2) is 13.8 Å². The zero-order chi connectivity index (χ0) is 28.7. The van der Waals surface area contributed by atoms with Gasteiger partial charge in [0.2, 0.25) is 0 Å². The van der Waals surface area contributed by atoms with Crippen LogP contribution in [-0.2, 0) is 31.1 Å². The Bertz CT molecular complexity index is 1720. The number of pyridine rings is 2. The summed E-state index contributed by atoms with van der Waals surface area (Å²) < 4.78 is 48.3. The van der Waals surface area contributed by atoms with Crippen LogP contribution in [0.1, 0.15) is 27.9 Å². The number of nitrogens with two attached hydrogens (primary N) is 1. The lowest BCUT2D eigenvalue weighted by molar-refractivity contribution is 0.0765. The van der Waals surface area contributed by atoms with E-state index in [2.05, 4.69) is 9.97 Å². The van der Waals surface area contributed by atoms with E-state index in [1.807, 2.05) is 6.07 Å². The predicted octanol–water partition coefficient (Wildman–Crippen LogP) is 2.70. The Morgan fingerprint density at radius 2 is 1.90 bits per heavy atom. The summed E-state index contributed by atoms with van der Waals surface area (Å²) in [6, 6.07) is 4.53. The van der Waals surface area contributed by atoms with Crippen LogP contribution in [0.3, 0.4) is 0 Å². The predicted molar refractivity (Wildman–Crippen MR) is 147 cm³/mol. The van der Waals surface area contributed by atoms with Gasteiger partial charge in [0, 0.05) is 67.2 Å². The number of fused-ring (bicyclic) bond motifs is 3. The van der Waals surface area contributed by atoms with Crippen molar-refractivity contribution in [3.63, 3.8) is 0 Å². The third-order valence-electron chi connectivity index (χ3n) is 7.05. The molecule has 10 nitrogen and oxygen atoms in total. The zero-order valence-corrected chi connectivity index (χ0v) is 22.7. The number of H-pyrrole nitrogens is 1. The molecular weight excluding hydrogens is 542 g/mol. The Labute approximate surface area is 230 Å². The molecule has 40 heavy (non-hydrogen) atoms. The molecule has 5 heterocycles. The van der Waals surface area contributed by atoms with Crippen LogP contribution in [0.2, 0.25) is 0 Å². The molecule has 3 N–H and O–H groups in total. The molecule has 13 heteroatoms. The quantitative estimate of drug-likeness (QED) is 0.362. The number of benzene rings is 1. The minimum atomic E-state index is -1.86. The lowest BCUT2D eigenvalue weighted by Crippen LogP contribution is -2.35. The van der Waals surface area contributed by atoms with E-state index in [0.717, 1.165) is 52.6 Å². The largest absolute Gasteiger partial charge is 0.773 e. The number of carbonyl (C=O) groups excluding carboxylic acids is 1. The highest BCUT2D eigenvalue weighted by Gasteiger charge is 2.31. The number of aromatic nitrogens is 3. The molecule has 0 aliphatic carbocycles. The standard InChI is InChI=1S/C26H24F2N6O2.CH4O2S/c1-32-13-19-18-7-14-3-2-5-33(6-4-29)25(35)17(14)9-21(18)34(24-20(28)8-16(27)11-31-24)12-15-10-30-23(22(15)19)26(32)36;1-4(2)3/h7-11,13,30H,2-6,12,29H2,1H3;1H3,(H,2,3)/p-1. The topological polar surface area (TPSA) is 140 Å². The summed E-state index contributed by atoms with van der Waals surface area (Å²) in [7, 11) is 1.68. The summed E-state index contributed by atoms with van der Waals surface area (Å²) in [6.07, 6.45) is 7.02. The second-order valence-corrected chi connectivity index (χ2v) is 10.5. The van der Waals surface area contributed by atoms with E-state index in [4.69, 9.17) is 14.5 Å². The number of aromatic amines is 1. The molecular formula is C27H27F2N6O4S-. The van der Waals surface area contributed by atoms with Gasteiger partial charge in [0.1, 0.15) is 11.3 Å². The Morgan fingerprint density at radius 3 is 2.60 bits per heavy atom. The van der Waals surface area contributed by atoms with Crippen LogP contribution in [0.15, 0.2) is 41.6 Å². The first kappa shape index (κ1) is 27.6. The number of nitrogens with one attached hydrogen (secondary N) is 1. The Kier molecular flexibility index (Phi) is 7.53. The fourth-order valence-electron chi connectivity index (χ4n) is 5.39. The Balaban J connectivity index is 0.000000758. The van der Waals surface area contributed by atoms with Gasteiger partial charge in [-0.05, 0) is 42.4 Å². The molecule has 0 saturated heterocycles. The first-order valence-electron chi connectivity index (χ1n) is 12.6. The van der Waals surface area contributed by atoms with E-state index in [9.17, 15) is 14.0 Å². The van der Waals surface area contributed by atoms with Gasteiger partial charge in [0.05, 0.1) is 18.4 Å². The van der Waals surface area contributed by atoms with Crippen molar-refractivity contribution in [2.45, 2.75) is 19.4 Å². The minimum Gasteiger partial charge on any atom is -0.773 e. The molecule has 1 atom stereocenters. The van der Waals surface area contributed by atoms with E-state index in [1.54, 1.807) is 35.3 Å². The van der Waals surface area contributed by atoms with E-state index in [-0.39, 0.29) is 23.8 Å². The van der Waals surface area contributed by atoms with Crippen molar-refractivity contribution in [1.29, 1.82) is 0 Å². The first-order chi connectivity index (χ1) is 19.1. The van der Waals surface area contributed by atoms with Crippen LogP contribution in [0.25, 0.3) is 22.0 Å². The van der Waals surface area contributed by atoms with Gasteiger partial charge in [0.25, 0.3) is 11.5 Å². The highest BCUT2D eigenvalue weighted by atomic mass is 32.2. The number of rotatable bonds is 3. The molecule has 2 aliphatic rings. The fourth-order valence-corrected chi connectivity index (χ4v) is 5.39. The minimum absolute atomic E-state index is 0.0636. The smallest absolute Gasteiger partial charge is 0.274 e. The molecule has 1 aromatic carbocycles. The van der Waals surface area contributed by atoms with Gasteiger partial charge in [-0.3, -0.25) is 13.8 Å². The molecule has 1 unspecified atom stereocenters. The van der Waals surface area contributed by atoms with Crippen molar-refractivity contribution in [1.82, 2.24) is 19.4 Å². The van der Waals surface area contributed by atoms with Crippen LogP contribution in [-0.4, -0.2) is 60.0 Å². The van der Waals surface area contributed by atoms with E-state index < -0.39 is 22.7 Å². The second kappa shape index (κ2) is 10.9. The van der Waals surface area contributed by atoms with Crippen molar-refractivity contribution in [3.05, 3.63) is 75.5 Å². The second-order valence-electron chi connectivity index (χ2n) is 9.68. The average molecular weight is 570 g/mol. The SMILES string of the molecule is CS(=O)[O-].Cn1cc2c3c(c[nH]c3c1=O)CN(c1ncc(F)cc1F)c1cc3c(cc1-2)CCCN(CCN)C3=O. The molecule has 4 aromatic rings. The maximum absolute atomic E-state index is 15.1. The highest BCUT2D eigenvalue weighted by molar-refractivity contribution is 7.78. The van der Waals surface area contributed by atoms with Crippen molar-refractivity contribution < 1.29 is 22.3 Å². The monoisotopic (exact) mass is 569 g/mol. The normalized spacial score (nSPS) is 15.1. The molecule has 0 radical (unpaired) electrons. The third-order valence-corrected chi connectivity index (χ3v) is 7.05. The molecule has 1 amide bonds.